The first-order chi connectivity index (χ1) is 14.7. The van der Waals surface area contributed by atoms with Gasteiger partial charge < -0.3 is 5.32 Å². The summed E-state index contributed by atoms with van der Waals surface area (Å²) in [5.41, 5.74) is 3.07. The highest BCUT2D eigenvalue weighted by atomic mass is 32.2. The number of hydrogen-bond acceptors (Lipinski definition) is 5. The second kappa shape index (κ2) is 9.07. The largest absolute Gasteiger partial charge is 0.325 e. The molecule has 1 amide bonds. The molecule has 146 valence electrons. The van der Waals surface area contributed by atoms with Crippen molar-refractivity contribution in [1.29, 1.82) is 5.26 Å². The Kier molecular flexibility index (Phi) is 5.88. The zero-order valence-corrected chi connectivity index (χ0v) is 16.7. The summed E-state index contributed by atoms with van der Waals surface area (Å²) in [5, 5.41) is 21.0. The van der Waals surface area contributed by atoms with Crippen molar-refractivity contribution in [3.63, 3.8) is 0 Å². The van der Waals surface area contributed by atoms with Crippen molar-refractivity contribution in [1.82, 2.24) is 14.8 Å². The van der Waals surface area contributed by atoms with Crippen molar-refractivity contribution in [2.75, 3.05) is 11.1 Å². The average Bonchev–Trinajstić information content (AvgIpc) is 3.23. The zero-order valence-electron chi connectivity index (χ0n) is 15.9. The van der Waals surface area contributed by atoms with Crippen LogP contribution in [0.2, 0.25) is 0 Å². The lowest BCUT2D eigenvalue weighted by molar-refractivity contribution is -0.113. The number of anilines is 1. The van der Waals surface area contributed by atoms with Crippen LogP contribution in [0.1, 0.15) is 5.56 Å². The molecule has 4 rings (SSSR count). The van der Waals surface area contributed by atoms with E-state index < -0.39 is 0 Å². The van der Waals surface area contributed by atoms with E-state index in [1.165, 1.54) is 11.8 Å². The number of benzene rings is 3. The van der Waals surface area contributed by atoms with E-state index in [2.05, 4.69) is 21.6 Å². The van der Waals surface area contributed by atoms with Crippen LogP contribution >= 0.6 is 11.8 Å². The normalized spacial score (nSPS) is 10.4. The van der Waals surface area contributed by atoms with Crippen LogP contribution in [0.15, 0.2) is 90.1 Å². The number of hydrogen-bond donors (Lipinski definition) is 1. The number of para-hydroxylation sites is 1. The molecule has 0 spiro atoms. The molecule has 0 fully saturated rings. The standard InChI is InChI=1S/C23H17N5OS/c24-15-17-11-13-19(14-12-17)25-21(29)16-30-23-27-26-22(18-7-3-1-4-8-18)28(23)20-9-5-2-6-10-20/h1-14H,16H2,(H,25,29). The van der Waals surface area contributed by atoms with E-state index in [-0.39, 0.29) is 11.7 Å². The number of nitriles is 1. The third kappa shape index (κ3) is 4.40. The maximum atomic E-state index is 12.4. The Hall–Kier alpha value is -3.89. The average molecular weight is 411 g/mol. The van der Waals surface area contributed by atoms with E-state index in [1.54, 1.807) is 24.3 Å². The van der Waals surface area contributed by atoms with Crippen LogP contribution in [0, 0.1) is 11.3 Å². The molecule has 0 saturated carbocycles. The Labute approximate surface area is 178 Å². The van der Waals surface area contributed by atoms with Crippen LogP contribution in [0.5, 0.6) is 0 Å². The lowest BCUT2D eigenvalue weighted by atomic mass is 10.2. The lowest BCUT2D eigenvalue weighted by Gasteiger charge is -2.10. The van der Waals surface area contributed by atoms with Crippen LogP contribution < -0.4 is 5.32 Å². The summed E-state index contributed by atoms with van der Waals surface area (Å²) in [6.07, 6.45) is 0. The molecule has 0 bridgehead atoms. The van der Waals surface area contributed by atoms with E-state index in [1.807, 2.05) is 65.2 Å². The predicted molar refractivity (Wildman–Crippen MR) is 117 cm³/mol. The van der Waals surface area contributed by atoms with Crippen LogP contribution in [0.3, 0.4) is 0 Å². The molecule has 0 aliphatic carbocycles. The van der Waals surface area contributed by atoms with Crippen molar-refractivity contribution in [2.24, 2.45) is 0 Å². The fraction of sp³-hybridized carbons (Fsp3) is 0.0435. The molecule has 0 aliphatic heterocycles. The number of carbonyl (C=O) groups is 1. The van der Waals surface area contributed by atoms with Crippen molar-refractivity contribution in [3.8, 4) is 23.1 Å². The number of amides is 1. The maximum absolute atomic E-state index is 12.4. The van der Waals surface area contributed by atoms with Crippen LogP contribution in [-0.4, -0.2) is 26.4 Å². The minimum atomic E-state index is -0.159. The monoisotopic (exact) mass is 411 g/mol. The van der Waals surface area contributed by atoms with Crippen LogP contribution in [0.4, 0.5) is 5.69 Å². The number of thioether (sulfide) groups is 1. The highest BCUT2D eigenvalue weighted by molar-refractivity contribution is 7.99. The van der Waals surface area contributed by atoms with Gasteiger partial charge in [0.1, 0.15) is 0 Å². The van der Waals surface area contributed by atoms with Crippen LogP contribution in [0.25, 0.3) is 17.1 Å². The second-order valence-corrected chi connectivity index (χ2v) is 7.31. The summed E-state index contributed by atoms with van der Waals surface area (Å²) in [6, 6.07) is 28.5. The van der Waals surface area contributed by atoms with Gasteiger partial charge in [0.15, 0.2) is 11.0 Å². The number of nitrogens with one attached hydrogen (secondary N) is 1. The summed E-state index contributed by atoms with van der Waals surface area (Å²) in [5.74, 6) is 0.741. The number of carbonyl (C=O) groups excluding carboxylic acids is 1. The molecule has 1 aromatic heterocycles. The molecule has 0 saturated heterocycles. The van der Waals surface area contributed by atoms with Crippen molar-refractivity contribution >= 4 is 23.4 Å². The van der Waals surface area contributed by atoms with E-state index in [0.717, 1.165) is 17.1 Å². The molecule has 30 heavy (non-hydrogen) atoms. The van der Waals surface area contributed by atoms with Gasteiger partial charge in [-0.05, 0) is 36.4 Å². The van der Waals surface area contributed by atoms with Gasteiger partial charge in [-0.3, -0.25) is 9.36 Å². The third-order valence-corrected chi connectivity index (χ3v) is 5.24. The molecule has 0 aliphatic rings. The van der Waals surface area contributed by atoms with E-state index in [9.17, 15) is 4.79 Å². The van der Waals surface area contributed by atoms with Gasteiger partial charge in [0, 0.05) is 16.9 Å². The third-order valence-electron chi connectivity index (χ3n) is 4.31. The lowest BCUT2D eigenvalue weighted by Crippen LogP contribution is -2.14. The molecule has 1 N–H and O–H groups in total. The molecule has 0 unspecified atom stereocenters. The summed E-state index contributed by atoms with van der Waals surface area (Å²) in [6.45, 7) is 0. The fourth-order valence-corrected chi connectivity index (χ4v) is 3.65. The molecule has 1 heterocycles. The van der Waals surface area contributed by atoms with Gasteiger partial charge in [0.05, 0.1) is 17.4 Å². The minimum Gasteiger partial charge on any atom is -0.325 e. The molecule has 3 aromatic carbocycles. The maximum Gasteiger partial charge on any atom is 0.234 e. The fourth-order valence-electron chi connectivity index (χ4n) is 2.90. The SMILES string of the molecule is N#Cc1ccc(NC(=O)CSc2nnc(-c3ccccc3)n2-c2ccccc2)cc1. The first-order valence-electron chi connectivity index (χ1n) is 9.23. The molecule has 0 atom stereocenters. The van der Waals surface area contributed by atoms with Gasteiger partial charge in [-0.2, -0.15) is 5.26 Å². The molecule has 7 heteroatoms. The number of rotatable bonds is 6. The highest BCUT2D eigenvalue weighted by Crippen LogP contribution is 2.27. The summed E-state index contributed by atoms with van der Waals surface area (Å²) < 4.78 is 1.95. The molecular weight excluding hydrogens is 394 g/mol. The molecular formula is C23H17N5OS. The van der Waals surface area contributed by atoms with Crippen molar-refractivity contribution < 1.29 is 4.79 Å². The van der Waals surface area contributed by atoms with Gasteiger partial charge >= 0.3 is 0 Å². The number of nitrogens with zero attached hydrogens (tertiary/aromatic N) is 4. The molecule has 6 nitrogen and oxygen atoms in total. The summed E-state index contributed by atoms with van der Waals surface area (Å²) in [7, 11) is 0. The Morgan fingerprint density at radius 1 is 0.933 bits per heavy atom. The minimum absolute atomic E-state index is 0.159. The number of aromatic nitrogens is 3. The Morgan fingerprint density at radius 3 is 2.27 bits per heavy atom. The topological polar surface area (TPSA) is 83.6 Å². The first kappa shape index (κ1) is 19.4. The second-order valence-electron chi connectivity index (χ2n) is 6.37. The van der Waals surface area contributed by atoms with Crippen LogP contribution in [-0.2, 0) is 4.79 Å². The molecule has 0 radical (unpaired) electrons. The predicted octanol–water partition coefficient (Wildman–Crippen LogP) is 4.54. The Bertz CT molecular complexity index is 1180. The van der Waals surface area contributed by atoms with E-state index in [0.29, 0.717) is 16.4 Å². The summed E-state index contributed by atoms with van der Waals surface area (Å²) >= 11 is 1.32. The van der Waals surface area contributed by atoms with Gasteiger partial charge in [0.2, 0.25) is 5.91 Å². The van der Waals surface area contributed by atoms with Gasteiger partial charge in [-0.15, -0.1) is 10.2 Å². The Morgan fingerprint density at radius 2 is 1.60 bits per heavy atom. The first-order valence-corrected chi connectivity index (χ1v) is 10.2. The van der Waals surface area contributed by atoms with Crippen molar-refractivity contribution in [2.45, 2.75) is 5.16 Å². The smallest absolute Gasteiger partial charge is 0.234 e. The highest BCUT2D eigenvalue weighted by Gasteiger charge is 2.17. The quantitative estimate of drug-likeness (QED) is 0.471. The molecule has 4 aromatic rings. The summed E-state index contributed by atoms with van der Waals surface area (Å²) in [4.78, 5) is 12.4. The van der Waals surface area contributed by atoms with Gasteiger partial charge in [0.25, 0.3) is 0 Å². The van der Waals surface area contributed by atoms with Gasteiger partial charge in [-0.1, -0.05) is 60.3 Å². The Balaban J connectivity index is 1.54. The van der Waals surface area contributed by atoms with Gasteiger partial charge in [-0.25, -0.2) is 0 Å². The van der Waals surface area contributed by atoms with Crippen molar-refractivity contribution in [3.05, 3.63) is 90.5 Å². The van der Waals surface area contributed by atoms with E-state index in [4.69, 9.17) is 5.26 Å². The zero-order chi connectivity index (χ0) is 20.8. The van der Waals surface area contributed by atoms with E-state index >= 15 is 0 Å².